The van der Waals surface area contributed by atoms with E-state index < -0.39 is 28.5 Å². The molecule has 3 rings (SSSR count). The summed E-state index contributed by atoms with van der Waals surface area (Å²) >= 11 is 6.29. The zero-order valence-electron chi connectivity index (χ0n) is 22.9. The van der Waals surface area contributed by atoms with Gasteiger partial charge in [-0.2, -0.15) is 0 Å². The van der Waals surface area contributed by atoms with E-state index >= 15 is 0 Å². The standard InChI is InChI=1S/C30H36ClN3O4S/c1-5-17-32-30(36)28(19-24-12-7-6-8-13-24)33(20-25-14-9-11-22(2)18-25)29(35)21-34(39(4,37)38)27-16-10-15-26(31)23(27)3/h6-16,18,28H,5,17,19-21H2,1-4H3,(H,32,36)/t28-/m0/s1. The number of halogens is 1. The predicted molar refractivity (Wildman–Crippen MR) is 157 cm³/mol. The van der Waals surface area contributed by atoms with E-state index in [2.05, 4.69) is 5.32 Å². The fourth-order valence-electron chi connectivity index (χ4n) is 4.39. The lowest BCUT2D eigenvalue weighted by atomic mass is 10.0. The Bertz CT molecular complexity index is 1400. The highest BCUT2D eigenvalue weighted by Gasteiger charge is 2.33. The smallest absolute Gasteiger partial charge is 0.244 e. The van der Waals surface area contributed by atoms with E-state index in [0.29, 0.717) is 22.8 Å². The number of anilines is 1. The SMILES string of the molecule is CCCNC(=O)[C@H](Cc1ccccc1)N(Cc1cccc(C)c1)C(=O)CN(c1cccc(Cl)c1C)S(C)(=O)=O. The molecule has 0 saturated heterocycles. The van der Waals surface area contributed by atoms with E-state index in [-0.39, 0.29) is 18.9 Å². The van der Waals surface area contributed by atoms with Crippen LogP contribution in [0, 0.1) is 13.8 Å². The van der Waals surface area contributed by atoms with Crippen LogP contribution in [0.1, 0.15) is 35.6 Å². The number of benzene rings is 3. The van der Waals surface area contributed by atoms with Crippen LogP contribution in [0.25, 0.3) is 0 Å². The molecule has 0 fully saturated rings. The summed E-state index contributed by atoms with van der Waals surface area (Å²) in [5, 5.41) is 3.33. The molecular weight excluding hydrogens is 534 g/mol. The highest BCUT2D eigenvalue weighted by Crippen LogP contribution is 2.28. The molecular formula is C30H36ClN3O4S. The average Bonchev–Trinajstić information content (AvgIpc) is 2.89. The van der Waals surface area contributed by atoms with Crippen molar-refractivity contribution < 1.29 is 18.0 Å². The van der Waals surface area contributed by atoms with Gasteiger partial charge in [0, 0.05) is 24.5 Å². The number of amides is 2. The van der Waals surface area contributed by atoms with Gasteiger partial charge in [-0.05, 0) is 49.1 Å². The molecule has 0 saturated carbocycles. The van der Waals surface area contributed by atoms with Crippen molar-refractivity contribution in [2.24, 2.45) is 0 Å². The molecule has 0 aliphatic rings. The van der Waals surface area contributed by atoms with Crippen molar-refractivity contribution in [1.29, 1.82) is 0 Å². The number of nitrogens with one attached hydrogen (secondary N) is 1. The van der Waals surface area contributed by atoms with Crippen LogP contribution in [0.2, 0.25) is 5.02 Å². The Hall–Kier alpha value is -3.36. The maximum absolute atomic E-state index is 14.1. The van der Waals surface area contributed by atoms with Crippen molar-refractivity contribution >= 4 is 39.1 Å². The first-order chi connectivity index (χ1) is 18.5. The molecule has 0 spiro atoms. The van der Waals surface area contributed by atoms with Gasteiger partial charge in [-0.15, -0.1) is 0 Å². The summed E-state index contributed by atoms with van der Waals surface area (Å²) in [6.45, 7) is 5.76. The topological polar surface area (TPSA) is 86.8 Å². The molecule has 0 radical (unpaired) electrons. The second-order valence-electron chi connectivity index (χ2n) is 9.66. The molecule has 0 aromatic heterocycles. The van der Waals surface area contributed by atoms with Gasteiger partial charge in [0.15, 0.2) is 0 Å². The molecule has 3 aromatic carbocycles. The Labute approximate surface area is 236 Å². The van der Waals surface area contributed by atoms with Crippen molar-refractivity contribution in [3.8, 4) is 0 Å². The third-order valence-corrected chi connectivity index (χ3v) is 7.98. The van der Waals surface area contributed by atoms with E-state index in [4.69, 9.17) is 11.6 Å². The second kappa shape index (κ2) is 13.6. The highest BCUT2D eigenvalue weighted by molar-refractivity contribution is 7.92. The van der Waals surface area contributed by atoms with Gasteiger partial charge in [0.05, 0.1) is 11.9 Å². The van der Waals surface area contributed by atoms with E-state index in [1.54, 1.807) is 25.1 Å². The first-order valence-corrected chi connectivity index (χ1v) is 15.1. The largest absolute Gasteiger partial charge is 0.354 e. The summed E-state index contributed by atoms with van der Waals surface area (Å²) in [6, 6.07) is 21.3. The van der Waals surface area contributed by atoms with Gasteiger partial charge in [0.2, 0.25) is 21.8 Å². The van der Waals surface area contributed by atoms with Crippen molar-refractivity contribution in [3.63, 3.8) is 0 Å². The van der Waals surface area contributed by atoms with Gasteiger partial charge in [0.25, 0.3) is 0 Å². The Morgan fingerprint density at radius 1 is 0.949 bits per heavy atom. The molecule has 1 N–H and O–H groups in total. The average molecular weight is 570 g/mol. The zero-order chi connectivity index (χ0) is 28.6. The predicted octanol–water partition coefficient (Wildman–Crippen LogP) is 4.89. The fourth-order valence-corrected chi connectivity index (χ4v) is 5.46. The Balaban J connectivity index is 2.07. The minimum Gasteiger partial charge on any atom is -0.354 e. The highest BCUT2D eigenvalue weighted by atomic mass is 35.5. The van der Waals surface area contributed by atoms with Gasteiger partial charge < -0.3 is 10.2 Å². The van der Waals surface area contributed by atoms with Crippen molar-refractivity contribution in [1.82, 2.24) is 10.2 Å². The maximum Gasteiger partial charge on any atom is 0.244 e. The zero-order valence-corrected chi connectivity index (χ0v) is 24.4. The number of nitrogens with zero attached hydrogens (tertiary/aromatic N) is 2. The van der Waals surface area contributed by atoms with Crippen LogP contribution in [0.5, 0.6) is 0 Å². The molecule has 208 valence electrons. The Morgan fingerprint density at radius 2 is 1.62 bits per heavy atom. The van der Waals surface area contributed by atoms with Gasteiger partial charge in [0.1, 0.15) is 12.6 Å². The number of aryl methyl sites for hydroxylation is 1. The molecule has 1 atom stereocenters. The number of hydrogen-bond donors (Lipinski definition) is 1. The van der Waals surface area contributed by atoms with Crippen LogP contribution in [0.15, 0.2) is 72.8 Å². The minimum atomic E-state index is -3.86. The lowest BCUT2D eigenvalue weighted by Crippen LogP contribution is -2.53. The van der Waals surface area contributed by atoms with Gasteiger partial charge in [-0.3, -0.25) is 13.9 Å². The van der Waals surface area contributed by atoms with Crippen molar-refractivity contribution in [2.75, 3.05) is 23.7 Å². The summed E-state index contributed by atoms with van der Waals surface area (Å²) in [6.07, 6.45) is 2.08. The normalized spacial score (nSPS) is 12.0. The first kappa shape index (κ1) is 30.2. The van der Waals surface area contributed by atoms with Crippen LogP contribution >= 0.6 is 11.6 Å². The quantitative estimate of drug-likeness (QED) is 0.336. The summed E-state index contributed by atoms with van der Waals surface area (Å²) in [4.78, 5) is 29.1. The third kappa shape index (κ3) is 8.31. The number of carbonyl (C=O) groups is 2. The van der Waals surface area contributed by atoms with Crippen LogP contribution in [0.4, 0.5) is 5.69 Å². The Morgan fingerprint density at radius 3 is 2.26 bits per heavy atom. The molecule has 0 unspecified atom stereocenters. The van der Waals surface area contributed by atoms with E-state index in [0.717, 1.165) is 33.7 Å². The molecule has 0 bridgehead atoms. The molecule has 3 aromatic rings. The summed E-state index contributed by atoms with van der Waals surface area (Å²) in [5.41, 5.74) is 3.62. The van der Waals surface area contributed by atoms with Crippen LogP contribution in [-0.4, -0.2) is 50.5 Å². The lowest BCUT2D eigenvalue weighted by molar-refractivity contribution is -0.140. The third-order valence-electron chi connectivity index (χ3n) is 6.44. The van der Waals surface area contributed by atoms with E-state index in [9.17, 15) is 18.0 Å². The lowest BCUT2D eigenvalue weighted by Gasteiger charge is -2.34. The summed E-state index contributed by atoms with van der Waals surface area (Å²) in [7, 11) is -3.86. The summed E-state index contributed by atoms with van der Waals surface area (Å²) < 4.78 is 26.9. The van der Waals surface area contributed by atoms with Gasteiger partial charge in [-0.1, -0.05) is 84.8 Å². The maximum atomic E-state index is 14.1. The molecule has 0 heterocycles. The molecule has 7 nitrogen and oxygen atoms in total. The van der Waals surface area contributed by atoms with E-state index in [1.165, 1.54) is 4.90 Å². The molecule has 0 aliphatic heterocycles. The molecule has 39 heavy (non-hydrogen) atoms. The number of hydrogen-bond acceptors (Lipinski definition) is 4. The fraction of sp³-hybridized carbons (Fsp3) is 0.333. The van der Waals surface area contributed by atoms with Gasteiger partial charge in [-0.25, -0.2) is 8.42 Å². The molecule has 9 heteroatoms. The number of sulfonamides is 1. The first-order valence-electron chi connectivity index (χ1n) is 12.9. The van der Waals surface area contributed by atoms with Crippen LogP contribution < -0.4 is 9.62 Å². The summed E-state index contributed by atoms with van der Waals surface area (Å²) in [5.74, 6) is -0.777. The monoisotopic (exact) mass is 569 g/mol. The van der Waals surface area contributed by atoms with E-state index in [1.807, 2.05) is 68.4 Å². The van der Waals surface area contributed by atoms with Crippen molar-refractivity contribution in [2.45, 2.75) is 46.2 Å². The van der Waals surface area contributed by atoms with Gasteiger partial charge >= 0.3 is 0 Å². The van der Waals surface area contributed by atoms with Crippen molar-refractivity contribution in [3.05, 3.63) is 100 Å². The second-order valence-corrected chi connectivity index (χ2v) is 12.0. The van der Waals surface area contributed by atoms with Crippen LogP contribution in [-0.2, 0) is 32.6 Å². The number of rotatable bonds is 12. The van der Waals surface area contributed by atoms with Crippen LogP contribution in [0.3, 0.4) is 0 Å². The number of carbonyl (C=O) groups excluding carboxylic acids is 2. The molecule has 0 aliphatic carbocycles. The Kier molecular flexibility index (Phi) is 10.5. The minimum absolute atomic E-state index is 0.143. The molecule has 2 amide bonds.